The molecule has 0 aliphatic heterocycles. The first-order chi connectivity index (χ1) is 9.51. The van der Waals surface area contributed by atoms with Crippen LogP contribution in [0.2, 0.25) is 0 Å². The highest BCUT2D eigenvalue weighted by Gasteiger charge is 2.09. The van der Waals surface area contributed by atoms with Crippen LogP contribution in [0.3, 0.4) is 0 Å². The van der Waals surface area contributed by atoms with Crippen LogP contribution in [0.4, 0.5) is 0 Å². The van der Waals surface area contributed by atoms with Crippen LogP contribution in [0.5, 0.6) is 5.75 Å². The molecule has 0 spiro atoms. The molecule has 0 aliphatic carbocycles. The maximum atomic E-state index is 5.79. The third-order valence-corrected chi connectivity index (χ3v) is 3.10. The highest BCUT2D eigenvalue weighted by Crippen LogP contribution is 2.13. The molecule has 0 radical (unpaired) electrons. The first kappa shape index (κ1) is 17.0. The fraction of sp³-hybridized carbons (Fsp3) is 0.706. The second-order valence-corrected chi connectivity index (χ2v) is 6.35. The number of unbranched alkanes of at least 4 members (excludes halogenated alkanes) is 4. The van der Waals surface area contributed by atoms with E-state index in [9.17, 15) is 0 Å². The number of rotatable bonds is 9. The van der Waals surface area contributed by atoms with Crippen molar-refractivity contribution in [3.8, 4) is 5.75 Å². The van der Waals surface area contributed by atoms with Gasteiger partial charge >= 0.3 is 0 Å². The standard InChI is InChI=1S/C17H30N2O/c1-5-6-7-8-9-12-20-16-10-11-18-15(13-16)14-19-17(2,3)4/h10-11,13,19H,5-9,12,14H2,1-4H3. The zero-order valence-electron chi connectivity index (χ0n) is 13.5. The molecular weight excluding hydrogens is 248 g/mol. The first-order valence-corrected chi connectivity index (χ1v) is 7.84. The lowest BCUT2D eigenvalue weighted by Gasteiger charge is -2.20. The van der Waals surface area contributed by atoms with Crippen LogP contribution in [0.25, 0.3) is 0 Å². The van der Waals surface area contributed by atoms with Gasteiger partial charge < -0.3 is 10.1 Å². The van der Waals surface area contributed by atoms with E-state index in [0.717, 1.165) is 31.0 Å². The van der Waals surface area contributed by atoms with Gasteiger partial charge in [-0.05, 0) is 33.3 Å². The molecule has 1 rings (SSSR count). The van der Waals surface area contributed by atoms with Crippen LogP contribution < -0.4 is 10.1 Å². The Hall–Kier alpha value is -1.09. The number of hydrogen-bond acceptors (Lipinski definition) is 3. The van der Waals surface area contributed by atoms with E-state index < -0.39 is 0 Å². The Morgan fingerprint density at radius 2 is 1.90 bits per heavy atom. The molecule has 114 valence electrons. The van der Waals surface area contributed by atoms with Crippen molar-refractivity contribution in [2.45, 2.75) is 71.9 Å². The van der Waals surface area contributed by atoms with Crippen LogP contribution in [-0.2, 0) is 6.54 Å². The Labute approximate surface area is 124 Å². The summed E-state index contributed by atoms with van der Waals surface area (Å²) in [6.45, 7) is 10.3. The number of ether oxygens (including phenoxy) is 1. The van der Waals surface area contributed by atoms with Crippen LogP contribution in [0.1, 0.15) is 65.5 Å². The smallest absolute Gasteiger partial charge is 0.122 e. The third kappa shape index (κ3) is 8.16. The number of hydrogen-bond donors (Lipinski definition) is 1. The van der Waals surface area contributed by atoms with Crippen molar-refractivity contribution in [2.24, 2.45) is 0 Å². The molecule has 3 heteroatoms. The number of nitrogens with one attached hydrogen (secondary N) is 1. The molecule has 0 aliphatic rings. The lowest BCUT2D eigenvalue weighted by atomic mass is 10.1. The SMILES string of the molecule is CCCCCCCOc1ccnc(CNC(C)(C)C)c1. The first-order valence-electron chi connectivity index (χ1n) is 7.84. The Morgan fingerprint density at radius 3 is 2.60 bits per heavy atom. The largest absolute Gasteiger partial charge is 0.493 e. The fourth-order valence-electron chi connectivity index (χ4n) is 1.89. The molecule has 0 aromatic carbocycles. The van der Waals surface area contributed by atoms with Gasteiger partial charge in [0.1, 0.15) is 5.75 Å². The molecule has 0 saturated carbocycles. The average Bonchev–Trinajstić information content (AvgIpc) is 2.40. The second kappa shape index (κ2) is 8.96. The molecule has 0 atom stereocenters. The molecule has 1 aromatic heterocycles. The lowest BCUT2D eigenvalue weighted by molar-refractivity contribution is 0.303. The van der Waals surface area contributed by atoms with Crippen LogP contribution in [0.15, 0.2) is 18.3 Å². The maximum Gasteiger partial charge on any atom is 0.122 e. The molecular formula is C17H30N2O. The van der Waals surface area contributed by atoms with Gasteiger partial charge in [0.25, 0.3) is 0 Å². The minimum Gasteiger partial charge on any atom is -0.493 e. The molecule has 1 heterocycles. The average molecular weight is 278 g/mol. The molecule has 1 N–H and O–H groups in total. The predicted molar refractivity (Wildman–Crippen MR) is 85.1 cm³/mol. The summed E-state index contributed by atoms with van der Waals surface area (Å²) in [5.41, 5.74) is 1.14. The summed E-state index contributed by atoms with van der Waals surface area (Å²) in [7, 11) is 0. The Balaban J connectivity index is 2.29. The van der Waals surface area contributed by atoms with Crippen molar-refractivity contribution in [2.75, 3.05) is 6.61 Å². The second-order valence-electron chi connectivity index (χ2n) is 6.35. The molecule has 0 saturated heterocycles. The van der Waals surface area contributed by atoms with E-state index in [0.29, 0.717) is 0 Å². The number of aromatic nitrogens is 1. The molecule has 1 aromatic rings. The van der Waals surface area contributed by atoms with Gasteiger partial charge in [-0.15, -0.1) is 0 Å². The van der Waals surface area contributed by atoms with Gasteiger partial charge in [-0.25, -0.2) is 0 Å². The van der Waals surface area contributed by atoms with E-state index in [4.69, 9.17) is 4.74 Å². The van der Waals surface area contributed by atoms with Crippen LogP contribution >= 0.6 is 0 Å². The topological polar surface area (TPSA) is 34.1 Å². The normalized spacial score (nSPS) is 11.6. The highest BCUT2D eigenvalue weighted by atomic mass is 16.5. The van der Waals surface area contributed by atoms with Gasteiger partial charge in [0.05, 0.1) is 12.3 Å². The molecule has 0 amide bonds. The summed E-state index contributed by atoms with van der Waals surface area (Å²) in [6, 6.07) is 3.97. The number of nitrogens with zero attached hydrogens (tertiary/aromatic N) is 1. The predicted octanol–water partition coefficient (Wildman–Crippen LogP) is 4.32. The minimum absolute atomic E-state index is 0.109. The van der Waals surface area contributed by atoms with E-state index in [1.165, 1.54) is 25.7 Å². The van der Waals surface area contributed by atoms with Crippen molar-refractivity contribution in [3.05, 3.63) is 24.0 Å². The summed E-state index contributed by atoms with van der Waals surface area (Å²) in [5, 5.41) is 3.44. The Morgan fingerprint density at radius 1 is 1.15 bits per heavy atom. The fourth-order valence-corrected chi connectivity index (χ4v) is 1.89. The van der Waals surface area contributed by atoms with Crippen molar-refractivity contribution < 1.29 is 4.74 Å². The summed E-state index contributed by atoms with van der Waals surface area (Å²) in [6.07, 6.45) is 8.16. The third-order valence-electron chi connectivity index (χ3n) is 3.10. The van der Waals surface area contributed by atoms with E-state index in [1.807, 2.05) is 18.3 Å². The monoisotopic (exact) mass is 278 g/mol. The minimum atomic E-state index is 0.109. The molecule has 0 bridgehead atoms. The van der Waals surface area contributed by atoms with Crippen molar-refractivity contribution in [1.29, 1.82) is 0 Å². The van der Waals surface area contributed by atoms with Gasteiger partial charge in [0.15, 0.2) is 0 Å². The lowest BCUT2D eigenvalue weighted by Crippen LogP contribution is -2.35. The van der Waals surface area contributed by atoms with Crippen LogP contribution in [-0.4, -0.2) is 17.1 Å². The van der Waals surface area contributed by atoms with Gasteiger partial charge in [0, 0.05) is 24.3 Å². The van der Waals surface area contributed by atoms with Gasteiger partial charge in [-0.2, -0.15) is 0 Å². The van der Waals surface area contributed by atoms with Gasteiger partial charge in [-0.1, -0.05) is 32.6 Å². The van der Waals surface area contributed by atoms with E-state index in [2.05, 4.69) is 38.0 Å². The van der Waals surface area contributed by atoms with Gasteiger partial charge in [-0.3, -0.25) is 4.98 Å². The van der Waals surface area contributed by atoms with E-state index in [1.54, 1.807) is 0 Å². The Bertz CT molecular complexity index is 371. The zero-order chi connectivity index (χ0) is 14.8. The van der Waals surface area contributed by atoms with E-state index >= 15 is 0 Å². The summed E-state index contributed by atoms with van der Waals surface area (Å²) < 4.78 is 5.79. The Kier molecular flexibility index (Phi) is 7.60. The van der Waals surface area contributed by atoms with E-state index in [-0.39, 0.29) is 5.54 Å². The quantitative estimate of drug-likeness (QED) is 0.683. The number of pyridine rings is 1. The van der Waals surface area contributed by atoms with Crippen molar-refractivity contribution in [1.82, 2.24) is 10.3 Å². The summed E-state index contributed by atoms with van der Waals surface area (Å²) in [4.78, 5) is 4.37. The molecule has 20 heavy (non-hydrogen) atoms. The van der Waals surface area contributed by atoms with Crippen molar-refractivity contribution >= 4 is 0 Å². The molecule has 3 nitrogen and oxygen atoms in total. The zero-order valence-corrected chi connectivity index (χ0v) is 13.5. The molecule has 0 fully saturated rings. The molecule has 0 unspecified atom stereocenters. The van der Waals surface area contributed by atoms with Gasteiger partial charge in [0.2, 0.25) is 0 Å². The summed E-state index contributed by atoms with van der Waals surface area (Å²) >= 11 is 0. The maximum absolute atomic E-state index is 5.79. The van der Waals surface area contributed by atoms with Crippen molar-refractivity contribution in [3.63, 3.8) is 0 Å². The van der Waals surface area contributed by atoms with Crippen LogP contribution in [0, 0.1) is 0 Å². The summed E-state index contributed by atoms with van der Waals surface area (Å²) in [5.74, 6) is 0.932. The highest BCUT2D eigenvalue weighted by molar-refractivity contribution is 5.22.